The Morgan fingerprint density at radius 1 is 1.39 bits per heavy atom. The first-order valence-electron chi connectivity index (χ1n) is 6.94. The Morgan fingerprint density at radius 3 is 2.48 bits per heavy atom. The maximum absolute atomic E-state index is 12.4. The minimum absolute atomic E-state index is 0.252. The average Bonchev–Trinajstić information content (AvgIpc) is 2.46. The molecule has 0 fully saturated rings. The van der Waals surface area contributed by atoms with Crippen LogP contribution in [0, 0.1) is 11.8 Å². The molecule has 0 bridgehead atoms. The van der Waals surface area contributed by atoms with Crippen LogP contribution in [0.15, 0.2) is 18.2 Å². The van der Waals surface area contributed by atoms with Gasteiger partial charge in [0.05, 0.1) is 6.61 Å². The van der Waals surface area contributed by atoms with Crippen molar-refractivity contribution in [2.45, 2.75) is 32.6 Å². The summed E-state index contributed by atoms with van der Waals surface area (Å²) in [6.07, 6.45) is -1.22. The summed E-state index contributed by atoms with van der Waals surface area (Å²) in [7, 11) is 0. The van der Waals surface area contributed by atoms with Crippen molar-refractivity contribution in [1.82, 2.24) is 5.32 Å². The van der Waals surface area contributed by atoms with Crippen LogP contribution in [-0.4, -0.2) is 36.1 Å². The molecule has 1 amide bonds. The summed E-state index contributed by atoms with van der Waals surface area (Å²) in [6, 6.07) is 4.58. The Kier molecular flexibility index (Phi) is 7.66. The molecule has 0 aliphatic carbocycles. The molecule has 0 heterocycles. The lowest BCUT2D eigenvalue weighted by molar-refractivity contribution is -0.153. The normalized spacial score (nSPS) is 14.2. The Morgan fingerprint density at radius 2 is 2.00 bits per heavy atom. The second-order valence-corrected chi connectivity index (χ2v) is 5.74. The molecule has 0 aromatic heterocycles. The van der Waals surface area contributed by atoms with E-state index >= 15 is 0 Å². The zero-order valence-corrected chi connectivity index (χ0v) is 14.7. The molecule has 0 radical (unpaired) electrons. The highest BCUT2D eigenvalue weighted by Gasteiger charge is 2.29. The highest BCUT2D eigenvalue weighted by atomic mass is 35.5. The monoisotopic (exact) mass is 359 g/mol. The van der Waals surface area contributed by atoms with E-state index in [1.165, 1.54) is 12.1 Å². The van der Waals surface area contributed by atoms with Crippen molar-refractivity contribution >= 4 is 29.1 Å². The van der Waals surface area contributed by atoms with E-state index in [4.69, 9.17) is 32.7 Å². The van der Waals surface area contributed by atoms with Crippen LogP contribution in [0.25, 0.3) is 0 Å². The highest BCUT2D eigenvalue weighted by Crippen LogP contribution is 2.25. The first kappa shape index (κ1) is 19.6. The Balaban J connectivity index is 2.91. The van der Waals surface area contributed by atoms with Crippen LogP contribution < -0.4 is 10.1 Å². The minimum atomic E-state index is -1.22. The van der Waals surface area contributed by atoms with Crippen LogP contribution in [-0.2, 0) is 9.53 Å². The molecule has 0 aliphatic rings. The summed E-state index contributed by atoms with van der Waals surface area (Å²) in [5, 5.41) is 12.8. The van der Waals surface area contributed by atoms with Crippen molar-refractivity contribution in [2.24, 2.45) is 0 Å². The maximum Gasteiger partial charge on any atom is 0.290 e. The second-order valence-electron chi connectivity index (χ2n) is 4.86. The topological polar surface area (TPSA) is 67.8 Å². The summed E-state index contributed by atoms with van der Waals surface area (Å²) >= 11 is 11.8. The quantitative estimate of drug-likeness (QED) is 0.580. The fourth-order valence-corrected chi connectivity index (χ4v) is 2.26. The third kappa shape index (κ3) is 6.28. The molecule has 2 atom stereocenters. The van der Waals surface area contributed by atoms with Crippen molar-refractivity contribution in [3.8, 4) is 17.6 Å². The number of benzene rings is 1. The molecule has 0 saturated carbocycles. The van der Waals surface area contributed by atoms with E-state index in [0.29, 0.717) is 15.8 Å². The zero-order valence-electron chi connectivity index (χ0n) is 13.2. The van der Waals surface area contributed by atoms with Gasteiger partial charge in [-0.2, -0.15) is 0 Å². The predicted octanol–water partition coefficient (Wildman–Crippen LogP) is 2.63. The molecule has 0 saturated heterocycles. The number of carbonyl (C=O) groups excluding carboxylic acids is 1. The number of nitrogens with one attached hydrogen (secondary N) is 1. The first-order chi connectivity index (χ1) is 10.8. The molecule has 23 heavy (non-hydrogen) atoms. The lowest BCUT2D eigenvalue weighted by atomic mass is 10.1. The molecule has 2 unspecified atom stereocenters. The number of rotatable bonds is 7. The molecule has 1 rings (SSSR count). The third-order valence-corrected chi connectivity index (χ3v) is 3.16. The molecule has 0 spiro atoms. The molecule has 7 heteroatoms. The molecule has 2 N–H and O–H groups in total. The Hall–Kier alpha value is -1.45. The lowest BCUT2D eigenvalue weighted by Gasteiger charge is -2.26. The van der Waals surface area contributed by atoms with E-state index in [1.54, 1.807) is 26.8 Å². The smallest absolute Gasteiger partial charge is 0.290 e. The van der Waals surface area contributed by atoms with E-state index in [9.17, 15) is 9.90 Å². The van der Waals surface area contributed by atoms with E-state index < -0.39 is 17.7 Å². The number of hydrogen-bond donors (Lipinski definition) is 2. The van der Waals surface area contributed by atoms with Crippen molar-refractivity contribution in [3.05, 3.63) is 28.2 Å². The standard InChI is InChI=1S/C16H19Cl2NO4/c1-4-6-16(3,10-20)19-14(21)15(22-5-2)23-13-8-11(17)7-12(18)9-13/h7-9,15,20H,5,10H2,1-3H3,(H,19,21). The van der Waals surface area contributed by atoms with Gasteiger partial charge in [0.2, 0.25) is 0 Å². The van der Waals surface area contributed by atoms with Crippen LogP contribution in [0.4, 0.5) is 0 Å². The van der Waals surface area contributed by atoms with Crippen LogP contribution >= 0.6 is 23.2 Å². The number of halogens is 2. The Bertz CT molecular complexity index is 592. The van der Waals surface area contributed by atoms with Crippen LogP contribution in [0.1, 0.15) is 20.8 Å². The number of carbonyl (C=O) groups is 1. The van der Waals surface area contributed by atoms with Gasteiger partial charge in [-0.3, -0.25) is 4.79 Å². The van der Waals surface area contributed by atoms with Crippen LogP contribution in [0.3, 0.4) is 0 Å². The molecular weight excluding hydrogens is 341 g/mol. The van der Waals surface area contributed by atoms with Crippen LogP contribution in [0.2, 0.25) is 10.0 Å². The molecule has 1 aromatic carbocycles. The van der Waals surface area contributed by atoms with Crippen LogP contribution in [0.5, 0.6) is 5.75 Å². The second kappa shape index (κ2) is 8.99. The number of aliphatic hydroxyl groups is 1. The van der Waals surface area contributed by atoms with Gasteiger partial charge >= 0.3 is 0 Å². The summed E-state index contributed by atoms with van der Waals surface area (Å²) in [4.78, 5) is 12.4. The third-order valence-electron chi connectivity index (χ3n) is 2.73. The molecule has 5 nitrogen and oxygen atoms in total. The Labute approximate surface area is 145 Å². The van der Waals surface area contributed by atoms with E-state index in [-0.39, 0.29) is 13.2 Å². The predicted molar refractivity (Wildman–Crippen MR) is 89.6 cm³/mol. The van der Waals surface area contributed by atoms with Crippen molar-refractivity contribution < 1.29 is 19.4 Å². The minimum Gasteiger partial charge on any atom is -0.455 e. The summed E-state index contributed by atoms with van der Waals surface area (Å²) in [5.41, 5.74) is -1.09. The summed E-state index contributed by atoms with van der Waals surface area (Å²) in [5.74, 6) is 5.12. The SMILES string of the molecule is CC#CC(C)(CO)NC(=O)C(OCC)Oc1cc(Cl)cc(Cl)c1. The van der Waals surface area contributed by atoms with Gasteiger partial charge in [-0.25, -0.2) is 0 Å². The summed E-state index contributed by atoms with van der Waals surface area (Å²) in [6.45, 7) is 4.85. The van der Waals surface area contributed by atoms with Gasteiger partial charge < -0.3 is 19.9 Å². The lowest BCUT2D eigenvalue weighted by Crippen LogP contribution is -2.53. The van der Waals surface area contributed by atoms with E-state index in [1.807, 2.05) is 0 Å². The highest BCUT2D eigenvalue weighted by molar-refractivity contribution is 6.34. The number of amides is 1. The van der Waals surface area contributed by atoms with Gasteiger partial charge in [0.15, 0.2) is 0 Å². The number of hydrogen-bond acceptors (Lipinski definition) is 4. The van der Waals surface area contributed by atoms with Gasteiger partial charge in [0, 0.05) is 16.7 Å². The van der Waals surface area contributed by atoms with Gasteiger partial charge in [0.25, 0.3) is 12.2 Å². The fourth-order valence-electron chi connectivity index (χ4n) is 1.75. The van der Waals surface area contributed by atoms with Crippen molar-refractivity contribution in [3.63, 3.8) is 0 Å². The number of aliphatic hydroxyl groups excluding tert-OH is 1. The zero-order chi connectivity index (χ0) is 17.5. The van der Waals surface area contributed by atoms with Gasteiger partial charge in [-0.05, 0) is 39.0 Å². The maximum atomic E-state index is 12.4. The molecule has 1 aromatic rings. The summed E-state index contributed by atoms with van der Waals surface area (Å²) < 4.78 is 10.8. The largest absolute Gasteiger partial charge is 0.455 e. The van der Waals surface area contributed by atoms with E-state index in [2.05, 4.69) is 17.2 Å². The average molecular weight is 360 g/mol. The molecular formula is C16H19Cl2NO4. The molecule has 0 aliphatic heterocycles. The fraction of sp³-hybridized carbons (Fsp3) is 0.438. The van der Waals surface area contributed by atoms with Crippen molar-refractivity contribution in [1.29, 1.82) is 0 Å². The first-order valence-corrected chi connectivity index (χ1v) is 7.70. The van der Waals surface area contributed by atoms with Crippen molar-refractivity contribution in [2.75, 3.05) is 13.2 Å². The van der Waals surface area contributed by atoms with Gasteiger partial charge in [-0.1, -0.05) is 29.1 Å². The molecule has 126 valence electrons. The number of ether oxygens (including phenoxy) is 2. The van der Waals surface area contributed by atoms with Gasteiger partial charge in [0.1, 0.15) is 11.3 Å². The van der Waals surface area contributed by atoms with Gasteiger partial charge in [-0.15, -0.1) is 5.92 Å². The van der Waals surface area contributed by atoms with E-state index in [0.717, 1.165) is 0 Å².